The third-order valence-corrected chi connectivity index (χ3v) is 6.55. The van der Waals surface area contributed by atoms with Crippen LogP contribution in [0.25, 0.3) is 11.0 Å². The molecule has 8 heteroatoms. The van der Waals surface area contributed by atoms with Gasteiger partial charge in [-0.05, 0) is 50.9 Å². The summed E-state index contributed by atoms with van der Waals surface area (Å²) in [5, 5.41) is 4.96. The van der Waals surface area contributed by atoms with Gasteiger partial charge in [0.05, 0.1) is 18.3 Å². The summed E-state index contributed by atoms with van der Waals surface area (Å²) in [6, 6.07) is 17.0. The predicted octanol–water partition coefficient (Wildman–Crippen LogP) is 3.74. The van der Waals surface area contributed by atoms with Gasteiger partial charge in [-0.2, -0.15) is 5.10 Å². The van der Waals surface area contributed by atoms with Crippen LogP contribution in [0.5, 0.6) is 0 Å². The van der Waals surface area contributed by atoms with Crippen LogP contribution < -0.4 is 11.3 Å². The molecule has 2 heterocycles. The summed E-state index contributed by atoms with van der Waals surface area (Å²) in [6.07, 6.45) is 1.23. The van der Waals surface area contributed by atoms with Gasteiger partial charge in [-0.25, -0.2) is 9.67 Å². The molecule has 0 saturated carbocycles. The summed E-state index contributed by atoms with van der Waals surface area (Å²) < 4.78 is 3.35. The molecule has 0 aliphatic carbocycles. The molecule has 4 rings (SSSR count). The summed E-state index contributed by atoms with van der Waals surface area (Å²) in [7, 11) is 1.79. The van der Waals surface area contributed by atoms with Gasteiger partial charge in [0.2, 0.25) is 0 Å². The van der Waals surface area contributed by atoms with Crippen molar-refractivity contribution in [3.05, 3.63) is 93.2 Å². The molecule has 0 fully saturated rings. The van der Waals surface area contributed by atoms with Crippen LogP contribution in [0.3, 0.4) is 0 Å². The lowest BCUT2D eigenvalue weighted by Crippen LogP contribution is -2.40. The van der Waals surface area contributed by atoms with Crippen molar-refractivity contribution in [2.45, 2.75) is 46.2 Å². The van der Waals surface area contributed by atoms with Crippen LogP contribution in [0.4, 0.5) is 0 Å². The molecular weight excluding hydrogens is 452 g/mol. The van der Waals surface area contributed by atoms with Crippen molar-refractivity contribution in [1.82, 2.24) is 24.2 Å². The topological polar surface area (TPSA) is 99.0 Å². The van der Waals surface area contributed by atoms with E-state index in [1.807, 2.05) is 80.3 Å². The van der Waals surface area contributed by atoms with E-state index in [9.17, 15) is 9.59 Å². The first-order chi connectivity index (χ1) is 17.3. The normalized spacial score (nSPS) is 12.1. The molecule has 2 N–H and O–H groups in total. The van der Waals surface area contributed by atoms with Crippen LogP contribution in [0.15, 0.2) is 59.4 Å². The molecule has 1 atom stereocenters. The lowest BCUT2D eigenvalue weighted by molar-refractivity contribution is 0.0655. The number of amides is 1. The van der Waals surface area contributed by atoms with E-state index in [1.54, 1.807) is 16.3 Å². The number of hydrogen-bond donors (Lipinski definition) is 1. The second-order valence-electron chi connectivity index (χ2n) is 9.19. The first-order valence-corrected chi connectivity index (χ1v) is 12.4. The molecule has 0 aliphatic rings. The second-order valence-corrected chi connectivity index (χ2v) is 9.19. The molecule has 188 valence electrons. The monoisotopic (exact) mass is 486 g/mol. The summed E-state index contributed by atoms with van der Waals surface area (Å²) in [4.78, 5) is 34.4. The number of carbonyl (C=O) groups excluding carboxylic acids is 1. The Morgan fingerprint density at radius 2 is 1.78 bits per heavy atom. The molecule has 36 heavy (non-hydrogen) atoms. The number of aromatic nitrogens is 4. The molecule has 0 saturated heterocycles. The number of benzene rings is 2. The van der Waals surface area contributed by atoms with Gasteiger partial charge in [0, 0.05) is 19.2 Å². The zero-order valence-electron chi connectivity index (χ0n) is 21.4. The molecule has 8 nitrogen and oxygen atoms in total. The van der Waals surface area contributed by atoms with Crippen molar-refractivity contribution < 1.29 is 4.79 Å². The van der Waals surface area contributed by atoms with Crippen molar-refractivity contribution in [2.75, 3.05) is 13.1 Å². The second kappa shape index (κ2) is 10.9. The number of hydrogen-bond acceptors (Lipinski definition) is 5. The molecule has 0 bridgehead atoms. The van der Waals surface area contributed by atoms with Gasteiger partial charge >= 0.3 is 0 Å². The fourth-order valence-corrected chi connectivity index (χ4v) is 4.67. The maximum absolute atomic E-state index is 13.9. The smallest absolute Gasteiger partial charge is 0.265 e. The lowest BCUT2D eigenvalue weighted by atomic mass is 10.1. The minimum Gasteiger partial charge on any atom is -0.330 e. The van der Waals surface area contributed by atoms with Crippen molar-refractivity contribution in [3.8, 4) is 0 Å². The minimum absolute atomic E-state index is 0.0999. The first-order valence-electron chi connectivity index (χ1n) is 12.4. The first kappa shape index (κ1) is 25.3. The van der Waals surface area contributed by atoms with E-state index >= 15 is 0 Å². The molecule has 2 aromatic carbocycles. The number of nitrogens with zero attached hydrogens (tertiary/aromatic N) is 5. The summed E-state index contributed by atoms with van der Waals surface area (Å²) in [6.45, 7) is 7.10. The summed E-state index contributed by atoms with van der Waals surface area (Å²) >= 11 is 0. The van der Waals surface area contributed by atoms with E-state index < -0.39 is 6.04 Å². The largest absolute Gasteiger partial charge is 0.330 e. The Hall–Kier alpha value is -3.78. The fourth-order valence-electron chi connectivity index (χ4n) is 4.67. The van der Waals surface area contributed by atoms with Gasteiger partial charge in [0.25, 0.3) is 11.5 Å². The molecule has 0 spiro atoms. The zero-order chi connectivity index (χ0) is 25.8. The summed E-state index contributed by atoms with van der Waals surface area (Å²) in [5.41, 5.74) is 9.54. The third kappa shape index (κ3) is 4.95. The van der Waals surface area contributed by atoms with E-state index in [0.29, 0.717) is 60.6 Å². The number of rotatable bonds is 9. The Balaban J connectivity index is 1.90. The summed E-state index contributed by atoms with van der Waals surface area (Å²) in [5.74, 6) is 0.455. The quantitative estimate of drug-likeness (QED) is 0.389. The van der Waals surface area contributed by atoms with Crippen LogP contribution in [0.1, 0.15) is 58.8 Å². The number of carbonyl (C=O) groups is 1. The molecule has 1 unspecified atom stereocenters. The van der Waals surface area contributed by atoms with Gasteiger partial charge in [0.15, 0.2) is 5.65 Å². The van der Waals surface area contributed by atoms with Crippen LogP contribution in [0.2, 0.25) is 0 Å². The van der Waals surface area contributed by atoms with Gasteiger partial charge in [-0.15, -0.1) is 0 Å². The fraction of sp³-hybridized carbons (Fsp3) is 0.357. The molecule has 4 aromatic rings. The standard InChI is InChI=1S/C28H34N6O2/c1-5-23(33(17-9-16-29)27(35)22-14-12-19(2)13-15-22)25-30-26-24(20(3)31-32(26)4)28(36)34(25)18-21-10-7-6-8-11-21/h6-8,10-15,23H,5,9,16-18,29H2,1-4H3. The Kier molecular flexibility index (Phi) is 7.64. The highest BCUT2D eigenvalue weighted by molar-refractivity contribution is 5.94. The Bertz CT molecular complexity index is 1410. The highest BCUT2D eigenvalue weighted by atomic mass is 16.2. The van der Waals surface area contributed by atoms with Gasteiger partial charge in [-0.3, -0.25) is 14.2 Å². The molecule has 2 aromatic heterocycles. The third-order valence-electron chi connectivity index (χ3n) is 6.55. The van der Waals surface area contributed by atoms with Gasteiger partial charge in [0.1, 0.15) is 11.2 Å². The van der Waals surface area contributed by atoms with Crippen molar-refractivity contribution in [2.24, 2.45) is 12.8 Å². The molecular formula is C28H34N6O2. The van der Waals surface area contributed by atoms with E-state index in [-0.39, 0.29) is 11.5 Å². The number of aryl methyl sites for hydroxylation is 3. The predicted molar refractivity (Wildman–Crippen MR) is 142 cm³/mol. The zero-order valence-corrected chi connectivity index (χ0v) is 21.4. The molecule has 0 radical (unpaired) electrons. The van der Waals surface area contributed by atoms with Crippen LogP contribution in [-0.4, -0.2) is 43.2 Å². The van der Waals surface area contributed by atoms with E-state index in [0.717, 1.165) is 11.1 Å². The van der Waals surface area contributed by atoms with E-state index in [1.165, 1.54) is 0 Å². The maximum Gasteiger partial charge on any atom is 0.265 e. The molecule has 1 amide bonds. The van der Waals surface area contributed by atoms with Gasteiger partial charge < -0.3 is 10.6 Å². The average molecular weight is 487 g/mol. The highest BCUT2D eigenvalue weighted by Gasteiger charge is 2.30. The SMILES string of the molecule is CCC(c1nc2c(c(C)nn2C)c(=O)n1Cc1ccccc1)N(CCCN)C(=O)c1ccc(C)cc1. The average Bonchev–Trinajstić information content (AvgIpc) is 3.17. The number of nitrogens with two attached hydrogens (primary N) is 1. The Morgan fingerprint density at radius 1 is 1.08 bits per heavy atom. The van der Waals surface area contributed by atoms with E-state index in [2.05, 4.69) is 5.10 Å². The molecule has 0 aliphatic heterocycles. The highest BCUT2D eigenvalue weighted by Crippen LogP contribution is 2.27. The lowest BCUT2D eigenvalue weighted by Gasteiger charge is -2.32. The van der Waals surface area contributed by atoms with Crippen molar-refractivity contribution in [1.29, 1.82) is 0 Å². The number of fused-ring (bicyclic) bond motifs is 1. The van der Waals surface area contributed by atoms with Crippen LogP contribution >= 0.6 is 0 Å². The van der Waals surface area contributed by atoms with Crippen molar-refractivity contribution >= 4 is 16.9 Å². The maximum atomic E-state index is 13.9. The minimum atomic E-state index is -0.415. The van der Waals surface area contributed by atoms with Crippen LogP contribution in [0, 0.1) is 13.8 Å². The Morgan fingerprint density at radius 3 is 2.42 bits per heavy atom. The van der Waals surface area contributed by atoms with Crippen molar-refractivity contribution in [3.63, 3.8) is 0 Å². The Labute approximate surface area is 211 Å². The van der Waals surface area contributed by atoms with Gasteiger partial charge in [-0.1, -0.05) is 55.0 Å². The van der Waals surface area contributed by atoms with Crippen LogP contribution in [-0.2, 0) is 13.6 Å². The van der Waals surface area contributed by atoms with E-state index in [4.69, 9.17) is 10.7 Å².